The highest BCUT2D eigenvalue weighted by molar-refractivity contribution is 6.43. The van der Waals surface area contributed by atoms with Gasteiger partial charge in [0.25, 0.3) is 0 Å². The number of likely N-dealkylation sites (N-methyl/N-ethyl adjacent to an activating group) is 1. The second-order valence-corrected chi connectivity index (χ2v) is 8.52. The number of hydrogen-bond donors (Lipinski definition) is 0. The Morgan fingerprint density at radius 3 is 1.97 bits per heavy atom. The number of carbonyl (C=O) groups excluding carboxylic acids is 2. The van der Waals surface area contributed by atoms with Gasteiger partial charge in [-0.1, -0.05) is 69.3 Å². The minimum atomic E-state index is -0.184. The van der Waals surface area contributed by atoms with Gasteiger partial charge in [-0.05, 0) is 30.6 Å². The van der Waals surface area contributed by atoms with Gasteiger partial charge in [0, 0.05) is 40.2 Å². The van der Waals surface area contributed by atoms with Crippen LogP contribution in [0.3, 0.4) is 0 Å². The quantitative estimate of drug-likeness (QED) is 0.482. The van der Waals surface area contributed by atoms with Crippen molar-refractivity contribution < 1.29 is 9.59 Å². The third-order valence-corrected chi connectivity index (χ3v) is 5.30. The summed E-state index contributed by atoms with van der Waals surface area (Å²) in [5.74, 6) is -0.369. The molecule has 0 aromatic heterocycles. The Labute approximate surface area is 172 Å². The molecule has 1 heterocycles. The molecule has 3 heteroatoms. The number of fused-ring (bicyclic) bond motifs is 2. The Kier molecular flexibility index (Phi) is 4.62. The zero-order chi connectivity index (χ0) is 20.8. The number of allylic oxidation sites excluding steroid dienone is 5. The SMILES string of the molecule is CCN1C(/C=C/C(C)(C)C)=CC(=C2C(=O)c3ccccc3C2=O)c2ccccc21. The Morgan fingerprint density at radius 2 is 1.41 bits per heavy atom. The predicted molar refractivity (Wildman–Crippen MR) is 118 cm³/mol. The van der Waals surface area contributed by atoms with Crippen LogP contribution in [0, 0.1) is 5.41 Å². The summed E-state index contributed by atoms with van der Waals surface area (Å²) in [4.78, 5) is 28.5. The van der Waals surface area contributed by atoms with Gasteiger partial charge < -0.3 is 4.90 Å². The number of anilines is 1. The summed E-state index contributed by atoms with van der Waals surface area (Å²) < 4.78 is 0. The zero-order valence-electron chi connectivity index (χ0n) is 17.3. The second kappa shape index (κ2) is 7.00. The molecule has 0 unspecified atom stereocenters. The number of para-hydroxylation sites is 1. The first-order valence-electron chi connectivity index (χ1n) is 10.0. The number of carbonyl (C=O) groups is 2. The smallest absolute Gasteiger partial charge is 0.198 e. The van der Waals surface area contributed by atoms with E-state index in [1.165, 1.54) is 0 Å². The molecule has 0 saturated carbocycles. The van der Waals surface area contributed by atoms with Crippen LogP contribution in [0.15, 0.2) is 78.0 Å². The lowest BCUT2D eigenvalue weighted by atomic mass is 9.90. The average Bonchev–Trinajstić information content (AvgIpc) is 2.95. The van der Waals surface area contributed by atoms with Gasteiger partial charge in [-0.25, -0.2) is 0 Å². The van der Waals surface area contributed by atoms with E-state index in [9.17, 15) is 9.59 Å². The van der Waals surface area contributed by atoms with Crippen LogP contribution in [0.25, 0.3) is 5.57 Å². The van der Waals surface area contributed by atoms with Crippen molar-refractivity contribution in [3.8, 4) is 0 Å². The van der Waals surface area contributed by atoms with Crippen molar-refractivity contribution in [2.24, 2.45) is 5.41 Å². The molecule has 0 amide bonds. The number of benzene rings is 2. The number of hydrogen-bond acceptors (Lipinski definition) is 3. The summed E-state index contributed by atoms with van der Waals surface area (Å²) in [6.45, 7) is 9.35. The third kappa shape index (κ3) is 3.27. The Balaban J connectivity index is 1.97. The van der Waals surface area contributed by atoms with Gasteiger partial charge in [-0.3, -0.25) is 9.59 Å². The monoisotopic (exact) mass is 383 g/mol. The number of ketones is 2. The largest absolute Gasteiger partial charge is 0.341 e. The molecule has 0 fully saturated rings. The maximum absolute atomic E-state index is 13.2. The van der Waals surface area contributed by atoms with E-state index in [0.717, 1.165) is 23.5 Å². The molecule has 0 radical (unpaired) electrons. The minimum Gasteiger partial charge on any atom is -0.341 e. The zero-order valence-corrected chi connectivity index (χ0v) is 17.3. The summed E-state index contributed by atoms with van der Waals surface area (Å²) in [6, 6.07) is 15.1. The number of nitrogens with zero attached hydrogens (tertiary/aromatic N) is 1. The lowest BCUT2D eigenvalue weighted by molar-refractivity contribution is 0.0990. The predicted octanol–water partition coefficient (Wildman–Crippen LogP) is 5.85. The second-order valence-electron chi connectivity index (χ2n) is 8.52. The highest BCUT2D eigenvalue weighted by atomic mass is 16.2. The molecule has 146 valence electrons. The van der Waals surface area contributed by atoms with Crippen molar-refractivity contribution in [2.45, 2.75) is 27.7 Å². The average molecular weight is 383 g/mol. The van der Waals surface area contributed by atoms with Crippen LogP contribution in [0.1, 0.15) is 54.0 Å². The van der Waals surface area contributed by atoms with Crippen molar-refractivity contribution in [2.75, 3.05) is 11.4 Å². The van der Waals surface area contributed by atoms with E-state index in [-0.39, 0.29) is 22.6 Å². The van der Waals surface area contributed by atoms with E-state index >= 15 is 0 Å². The molecule has 1 aliphatic heterocycles. The van der Waals surface area contributed by atoms with Crippen molar-refractivity contribution in [3.63, 3.8) is 0 Å². The van der Waals surface area contributed by atoms with Crippen LogP contribution in [0.2, 0.25) is 0 Å². The lowest BCUT2D eigenvalue weighted by Gasteiger charge is -2.32. The van der Waals surface area contributed by atoms with Crippen molar-refractivity contribution >= 4 is 22.8 Å². The first-order valence-corrected chi connectivity index (χ1v) is 10.0. The van der Waals surface area contributed by atoms with Crippen LogP contribution in [0.5, 0.6) is 0 Å². The summed E-state index contributed by atoms with van der Waals surface area (Å²) >= 11 is 0. The molecule has 0 spiro atoms. The Morgan fingerprint density at radius 1 is 0.862 bits per heavy atom. The van der Waals surface area contributed by atoms with Crippen LogP contribution >= 0.6 is 0 Å². The molecule has 29 heavy (non-hydrogen) atoms. The minimum absolute atomic E-state index is 0.0275. The van der Waals surface area contributed by atoms with Crippen LogP contribution in [-0.4, -0.2) is 18.1 Å². The molecule has 4 rings (SSSR count). The first-order chi connectivity index (χ1) is 13.8. The van der Waals surface area contributed by atoms with E-state index in [4.69, 9.17) is 0 Å². The molecular weight excluding hydrogens is 358 g/mol. The van der Waals surface area contributed by atoms with Gasteiger partial charge in [0.1, 0.15) is 0 Å². The molecular formula is C26H25NO2. The molecule has 2 aromatic carbocycles. The fourth-order valence-corrected chi connectivity index (χ4v) is 3.91. The summed E-state index contributed by atoms with van der Waals surface area (Å²) in [5.41, 5.74) is 4.93. The van der Waals surface area contributed by atoms with Gasteiger partial charge in [-0.2, -0.15) is 0 Å². The maximum Gasteiger partial charge on any atom is 0.198 e. The Hall–Kier alpha value is -3.20. The topological polar surface area (TPSA) is 37.4 Å². The molecule has 2 aliphatic rings. The standard InChI is InChI=1S/C26H25NO2/c1-5-27-17(14-15-26(2,3)4)16-21(18-10-8-9-13-22(18)27)23-24(28)19-11-6-7-12-20(19)25(23)29/h6-16H,5H2,1-4H3/b15-14+. The fraction of sp³-hybridized carbons (Fsp3) is 0.231. The molecule has 0 bridgehead atoms. The molecule has 3 nitrogen and oxygen atoms in total. The third-order valence-electron chi connectivity index (χ3n) is 5.30. The van der Waals surface area contributed by atoms with Crippen molar-refractivity contribution in [3.05, 3.63) is 94.7 Å². The normalized spacial score (nSPS) is 16.4. The number of rotatable bonds is 2. The van der Waals surface area contributed by atoms with Crippen LogP contribution < -0.4 is 4.90 Å². The van der Waals surface area contributed by atoms with E-state index in [0.29, 0.717) is 16.7 Å². The van der Waals surface area contributed by atoms with Gasteiger partial charge in [-0.15, -0.1) is 0 Å². The fourth-order valence-electron chi connectivity index (χ4n) is 3.91. The highest BCUT2D eigenvalue weighted by Gasteiger charge is 2.36. The Bertz CT molecular complexity index is 1070. The van der Waals surface area contributed by atoms with Crippen molar-refractivity contribution in [1.82, 2.24) is 0 Å². The first kappa shape index (κ1) is 19.1. The van der Waals surface area contributed by atoms with E-state index < -0.39 is 0 Å². The molecule has 0 saturated heterocycles. The van der Waals surface area contributed by atoms with E-state index in [1.54, 1.807) is 24.3 Å². The van der Waals surface area contributed by atoms with Gasteiger partial charge >= 0.3 is 0 Å². The molecule has 1 aliphatic carbocycles. The van der Waals surface area contributed by atoms with Crippen LogP contribution in [-0.2, 0) is 0 Å². The number of Topliss-reactive ketones (excluding diaryl/α,β-unsaturated/α-hetero) is 2. The van der Waals surface area contributed by atoms with Gasteiger partial charge in [0.15, 0.2) is 11.6 Å². The van der Waals surface area contributed by atoms with Crippen molar-refractivity contribution in [1.29, 1.82) is 0 Å². The molecule has 0 N–H and O–H groups in total. The summed E-state index contributed by atoms with van der Waals surface area (Å²) in [5, 5.41) is 0. The van der Waals surface area contributed by atoms with Crippen LogP contribution in [0.4, 0.5) is 5.69 Å². The van der Waals surface area contributed by atoms with Gasteiger partial charge in [0.05, 0.1) is 5.57 Å². The highest BCUT2D eigenvalue weighted by Crippen LogP contribution is 2.41. The summed E-state index contributed by atoms with van der Waals surface area (Å²) in [7, 11) is 0. The van der Waals surface area contributed by atoms with Gasteiger partial charge in [0.2, 0.25) is 0 Å². The van der Waals surface area contributed by atoms with E-state index in [1.807, 2.05) is 30.3 Å². The lowest BCUT2D eigenvalue weighted by Crippen LogP contribution is -2.25. The maximum atomic E-state index is 13.2. The summed E-state index contributed by atoms with van der Waals surface area (Å²) in [6.07, 6.45) is 6.24. The van der Waals surface area contributed by atoms with E-state index in [2.05, 4.69) is 44.7 Å². The molecule has 0 atom stereocenters. The molecule has 2 aromatic rings.